The van der Waals surface area contributed by atoms with E-state index in [-0.39, 0.29) is 21.5 Å². The Hall–Kier alpha value is -2.19. The van der Waals surface area contributed by atoms with Gasteiger partial charge in [0.15, 0.2) is 0 Å². The van der Waals surface area contributed by atoms with Crippen LogP contribution in [0.3, 0.4) is 0 Å². The molecule has 0 aliphatic heterocycles. The molecular weight excluding hydrogens is 481 g/mol. The summed E-state index contributed by atoms with van der Waals surface area (Å²) in [6.07, 6.45) is 6.31. The lowest BCUT2D eigenvalue weighted by Gasteiger charge is -2.30. The van der Waals surface area contributed by atoms with Gasteiger partial charge in [-0.3, -0.25) is 9.78 Å². The molecule has 2 aromatic carbocycles. The zero-order valence-electron chi connectivity index (χ0n) is 18.4. The normalized spacial score (nSPS) is 15.2. The standard InChI is InChI=1S/C24H25Cl2N3O3S/c1-15-8-9-16(12-21(15)25)28-24(30)20-14-27-22-11-10-18(13-19(22)23(20)26)33(31,32)29(2)17-6-4-3-5-7-17/h8-14,17H,3-7H2,1-2H3,(H,28,30). The van der Waals surface area contributed by atoms with E-state index in [1.165, 1.54) is 22.6 Å². The number of rotatable bonds is 5. The molecule has 4 rings (SSSR count). The molecule has 0 bridgehead atoms. The first-order valence-corrected chi connectivity index (χ1v) is 13.0. The topological polar surface area (TPSA) is 79.4 Å². The van der Waals surface area contributed by atoms with Gasteiger partial charge >= 0.3 is 0 Å². The lowest BCUT2D eigenvalue weighted by Crippen LogP contribution is -2.38. The molecule has 1 aliphatic rings. The van der Waals surface area contributed by atoms with Crippen LogP contribution in [-0.2, 0) is 10.0 Å². The van der Waals surface area contributed by atoms with Crippen LogP contribution < -0.4 is 5.32 Å². The van der Waals surface area contributed by atoms with Gasteiger partial charge in [0.25, 0.3) is 5.91 Å². The van der Waals surface area contributed by atoms with Gasteiger partial charge in [0.1, 0.15) is 0 Å². The second kappa shape index (κ2) is 9.58. The number of hydrogen-bond acceptors (Lipinski definition) is 4. The number of hydrogen-bond donors (Lipinski definition) is 1. The molecule has 0 spiro atoms. The minimum Gasteiger partial charge on any atom is -0.322 e. The van der Waals surface area contributed by atoms with Gasteiger partial charge < -0.3 is 5.32 Å². The van der Waals surface area contributed by atoms with Crippen molar-refractivity contribution in [2.45, 2.75) is 50.0 Å². The van der Waals surface area contributed by atoms with Crippen molar-refractivity contribution in [3.05, 3.63) is 63.8 Å². The second-order valence-electron chi connectivity index (χ2n) is 8.40. The maximum atomic E-state index is 13.3. The van der Waals surface area contributed by atoms with E-state index in [0.29, 0.717) is 21.6 Å². The van der Waals surface area contributed by atoms with E-state index in [0.717, 1.165) is 37.7 Å². The fraction of sp³-hybridized carbons (Fsp3) is 0.333. The molecule has 1 saturated carbocycles. The summed E-state index contributed by atoms with van der Waals surface area (Å²) >= 11 is 12.7. The number of carbonyl (C=O) groups is 1. The lowest BCUT2D eigenvalue weighted by atomic mass is 9.96. The predicted octanol–water partition coefficient (Wildman–Crippen LogP) is 6.06. The zero-order chi connectivity index (χ0) is 23.8. The molecule has 1 fully saturated rings. The van der Waals surface area contributed by atoms with E-state index in [1.54, 1.807) is 31.3 Å². The summed E-state index contributed by atoms with van der Waals surface area (Å²) in [7, 11) is -2.07. The minimum atomic E-state index is -3.71. The maximum Gasteiger partial charge on any atom is 0.258 e. The summed E-state index contributed by atoms with van der Waals surface area (Å²) in [4.78, 5) is 17.3. The summed E-state index contributed by atoms with van der Waals surface area (Å²) in [6.45, 7) is 1.87. The fourth-order valence-electron chi connectivity index (χ4n) is 4.13. The average molecular weight is 506 g/mol. The molecule has 1 aliphatic carbocycles. The third kappa shape index (κ3) is 4.87. The molecular formula is C24H25Cl2N3O3S. The van der Waals surface area contributed by atoms with Crippen LogP contribution in [0.1, 0.15) is 48.0 Å². The molecule has 1 amide bonds. The molecule has 0 atom stereocenters. The number of aryl methyl sites for hydroxylation is 1. The Bertz CT molecular complexity index is 1320. The summed E-state index contributed by atoms with van der Waals surface area (Å²) in [6, 6.07) is 9.85. The van der Waals surface area contributed by atoms with Crippen LogP contribution in [0.4, 0.5) is 5.69 Å². The zero-order valence-corrected chi connectivity index (χ0v) is 20.8. The third-order valence-electron chi connectivity index (χ3n) is 6.21. The van der Waals surface area contributed by atoms with E-state index in [2.05, 4.69) is 10.3 Å². The Labute approximate surface area is 204 Å². The van der Waals surface area contributed by atoms with Crippen LogP contribution in [0, 0.1) is 6.92 Å². The van der Waals surface area contributed by atoms with Crippen LogP contribution in [0.15, 0.2) is 47.5 Å². The molecule has 6 nitrogen and oxygen atoms in total. The van der Waals surface area contributed by atoms with E-state index >= 15 is 0 Å². The highest BCUT2D eigenvalue weighted by Crippen LogP contribution is 2.31. The molecule has 33 heavy (non-hydrogen) atoms. The number of anilines is 1. The summed E-state index contributed by atoms with van der Waals surface area (Å²) < 4.78 is 28.0. The monoisotopic (exact) mass is 505 g/mol. The van der Waals surface area contributed by atoms with Crippen molar-refractivity contribution < 1.29 is 13.2 Å². The van der Waals surface area contributed by atoms with Gasteiger partial charge in [-0.15, -0.1) is 0 Å². The van der Waals surface area contributed by atoms with Crippen molar-refractivity contribution in [3.8, 4) is 0 Å². The summed E-state index contributed by atoms with van der Waals surface area (Å²) in [5.41, 5.74) is 2.08. The Balaban J connectivity index is 1.66. The van der Waals surface area contributed by atoms with Gasteiger partial charge in [-0.1, -0.05) is 48.5 Å². The van der Waals surface area contributed by atoms with Crippen LogP contribution in [0.5, 0.6) is 0 Å². The quantitative estimate of drug-likeness (QED) is 0.457. The molecule has 0 saturated heterocycles. The van der Waals surface area contributed by atoms with Gasteiger partial charge in [-0.2, -0.15) is 4.31 Å². The Morgan fingerprint density at radius 2 is 1.82 bits per heavy atom. The predicted molar refractivity (Wildman–Crippen MR) is 133 cm³/mol. The Morgan fingerprint density at radius 3 is 2.52 bits per heavy atom. The first-order chi connectivity index (χ1) is 15.7. The molecule has 0 radical (unpaired) electrons. The highest BCUT2D eigenvalue weighted by molar-refractivity contribution is 7.89. The largest absolute Gasteiger partial charge is 0.322 e. The molecule has 0 unspecified atom stereocenters. The van der Waals surface area contributed by atoms with E-state index in [9.17, 15) is 13.2 Å². The van der Waals surface area contributed by atoms with Gasteiger partial charge in [-0.25, -0.2) is 8.42 Å². The smallest absolute Gasteiger partial charge is 0.258 e. The molecule has 1 N–H and O–H groups in total. The number of carbonyl (C=O) groups excluding carboxylic acids is 1. The van der Waals surface area contributed by atoms with E-state index in [1.807, 2.05) is 6.92 Å². The highest BCUT2D eigenvalue weighted by Gasteiger charge is 2.29. The third-order valence-corrected chi connectivity index (χ3v) is 8.93. The first-order valence-electron chi connectivity index (χ1n) is 10.8. The lowest BCUT2D eigenvalue weighted by molar-refractivity contribution is 0.102. The van der Waals surface area contributed by atoms with Gasteiger partial charge in [0.05, 0.1) is 21.0 Å². The number of sulfonamides is 1. The minimum absolute atomic E-state index is 0.00788. The van der Waals surface area contributed by atoms with Crippen LogP contribution in [0.25, 0.3) is 10.9 Å². The number of amides is 1. The fourth-order valence-corrected chi connectivity index (χ4v) is 6.04. The van der Waals surface area contributed by atoms with Gasteiger partial charge in [0, 0.05) is 35.4 Å². The molecule has 3 aromatic rings. The molecule has 1 aromatic heterocycles. The van der Waals surface area contributed by atoms with Crippen LogP contribution in [0.2, 0.25) is 10.0 Å². The summed E-state index contributed by atoms with van der Waals surface area (Å²) in [5, 5.41) is 3.85. The number of aromatic nitrogens is 1. The number of benzene rings is 2. The average Bonchev–Trinajstić information content (AvgIpc) is 2.81. The van der Waals surface area contributed by atoms with Crippen LogP contribution >= 0.6 is 23.2 Å². The van der Waals surface area contributed by atoms with Gasteiger partial charge in [0.2, 0.25) is 10.0 Å². The van der Waals surface area contributed by atoms with Crippen molar-refractivity contribution in [2.75, 3.05) is 12.4 Å². The van der Waals surface area contributed by atoms with Crippen molar-refractivity contribution in [1.82, 2.24) is 9.29 Å². The molecule has 1 heterocycles. The van der Waals surface area contributed by atoms with Crippen molar-refractivity contribution >= 4 is 55.7 Å². The number of halogens is 2. The van der Waals surface area contributed by atoms with Gasteiger partial charge in [-0.05, 0) is 55.7 Å². The Kier molecular flexibility index (Phi) is 6.96. The van der Waals surface area contributed by atoms with Crippen molar-refractivity contribution in [2.24, 2.45) is 0 Å². The number of nitrogens with zero attached hydrogens (tertiary/aromatic N) is 2. The second-order valence-corrected chi connectivity index (χ2v) is 11.2. The highest BCUT2D eigenvalue weighted by atomic mass is 35.5. The number of fused-ring (bicyclic) bond motifs is 1. The number of pyridine rings is 1. The maximum absolute atomic E-state index is 13.3. The van der Waals surface area contributed by atoms with Crippen molar-refractivity contribution in [3.63, 3.8) is 0 Å². The first kappa shape index (κ1) is 24.0. The van der Waals surface area contributed by atoms with Crippen LogP contribution in [-0.4, -0.2) is 36.7 Å². The Morgan fingerprint density at radius 1 is 1.09 bits per heavy atom. The summed E-state index contributed by atoms with van der Waals surface area (Å²) in [5.74, 6) is -0.457. The van der Waals surface area contributed by atoms with E-state index < -0.39 is 15.9 Å². The SMILES string of the molecule is Cc1ccc(NC(=O)c2cnc3ccc(S(=O)(=O)N(C)C4CCCCC4)cc3c2Cl)cc1Cl. The number of nitrogens with one attached hydrogen (secondary N) is 1. The van der Waals surface area contributed by atoms with E-state index in [4.69, 9.17) is 23.2 Å². The van der Waals surface area contributed by atoms with Crippen molar-refractivity contribution in [1.29, 1.82) is 0 Å². The molecule has 9 heteroatoms. The molecule has 174 valence electrons.